The zero-order valence-corrected chi connectivity index (χ0v) is 17.2. The minimum atomic E-state index is -0.478. The average molecular weight is 426 g/mol. The Balaban J connectivity index is 1.61. The van der Waals surface area contributed by atoms with Crippen LogP contribution in [-0.4, -0.2) is 27.7 Å². The van der Waals surface area contributed by atoms with Crippen LogP contribution in [-0.2, 0) is 0 Å². The van der Waals surface area contributed by atoms with Crippen LogP contribution in [0.1, 0.15) is 36.0 Å². The van der Waals surface area contributed by atoms with E-state index >= 15 is 0 Å². The number of amides is 1. The van der Waals surface area contributed by atoms with Gasteiger partial charge in [0.15, 0.2) is 0 Å². The van der Waals surface area contributed by atoms with Crippen LogP contribution >= 0.6 is 11.8 Å². The van der Waals surface area contributed by atoms with Gasteiger partial charge in [0.25, 0.3) is 5.91 Å². The Bertz CT molecular complexity index is 1030. The number of aliphatic hydroxyl groups excluding tert-OH is 1. The van der Waals surface area contributed by atoms with Crippen LogP contribution in [0.5, 0.6) is 0 Å². The van der Waals surface area contributed by atoms with Crippen LogP contribution in [0, 0.1) is 5.82 Å². The standard InChI is InChI=1S/C23H24FN3O2S/c24-15-3-10-19(11-4-15)30-22-2-1-13-27(22)17-7-12-20(23(25)29)21(14-17)26-16-5-8-18(28)9-6-16/h1-4,7,10-14,16,18,26,28H,5-6,8-9H2,(H2,25,29)/t16-,18-. The van der Waals surface area contributed by atoms with Crippen LogP contribution in [0.25, 0.3) is 5.69 Å². The van der Waals surface area contributed by atoms with E-state index in [4.69, 9.17) is 5.73 Å². The Morgan fingerprint density at radius 3 is 2.53 bits per heavy atom. The molecule has 1 amide bonds. The normalized spacial score (nSPS) is 18.9. The highest BCUT2D eigenvalue weighted by Crippen LogP contribution is 2.32. The highest BCUT2D eigenvalue weighted by molar-refractivity contribution is 7.99. The molecule has 4 rings (SSSR count). The fraction of sp³-hybridized carbons (Fsp3) is 0.261. The maximum atomic E-state index is 13.2. The van der Waals surface area contributed by atoms with E-state index in [0.29, 0.717) is 11.3 Å². The average Bonchev–Trinajstić information content (AvgIpc) is 3.19. The lowest BCUT2D eigenvalue weighted by Crippen LogP contribution is -2.29. The van der Waals surface area contributed by atoms with Gasteiger partial charge in [-0.1, -0.05) is 11.8 Å². The first kappa shape index (κ1) is 20.5. The molecule has 0 atom stereocenters. The number of benzene rings is 2. The summed E-state index contributed by atoms with van der Waals surface area (Å²) < 4.78 is 15.2. The molecular formula is C23H24FN3O2S. The molecule has 1 aliphatic carbocycles. The zero-order chi connectivity index (χ0) is 21.1. The number of nitrogens with two attached hydrogens (primary N) is 1. The Morgan fingerprint density at radius 2 is 1.83 bits per heavy atom. The van der Waals surface area contributed by atoms with Crippen LogP contribution in [0.15, 0.2) is 70.7 Å². The van der Waals surface area contributed by atoms with Gasteiger partial charge < -0.3 is 20.7 Å². The summed E-state index contributed by atoms with van der Waals surface area (Å²) in [5, 5.41) is 14.2. The summed E-state index contributed by atoms with van der Waals surface area (Å²) in [5.74, 6) is -0.740. The zero-order valence-electron chi connectivity index (χ0n) is 16.4. The van der Waals surface area contributed by atoms with Crippen molar-refractivity contribution >= 4 is 23.4 Å². The number of hydrogen-bond acceptors (Lipinski definition) is 4. The van der Waals surface area contributed by atoms with Crippen molar-refractivity contribution in [3.63, 3.8) is 0 Å². The fourth-order valence-corrected chi connectivity index (χ4v) is 4.67. The van der Waals surface area contributed by atoms with E-state index in [0.717, 1.165) is 41.3 Å². The number of aliphatic hydroxyl groups is 1. The molecule has 1 heterocycles. The van der Waals surface area contributed by atoms with E-state index in [1.807, 2.05) is 35.0 Å². The Morgan fingerprint density at radius 1 is 1.10 bits per heavy atom. The van der Waals surface area contributed by atoms with Crippen LogP contribution in [0.2, 0.25) is 0 Å². The number of halogens is 1. The molecule has 7 heteroatoms. The minimum Gasteiger partial charge on any atom is -0.393 e. The van der Waals surface area contributed by atoms with Crippen LogP contribution in [0.4, 0.5) is 10.1 Å². The van der Waals surface area contributed by atoms with Gasteiger partial charge in [-0.25, -0.2) is 4.39 Å². The van der Waals surface area contributed by atoms with Gasteiger partial charge in [-0.05, 0) is 80.3 Å². The minimum absolute atomic E-state index is 0.194. The molecule has 5 nitrogen and oxygen atoms in total. The smallest absolute Gasteiger partial charge is 0.250 e. The number of hydrogen-bond donors (Lipinski definition) is 3. The van der Waals surface area contributed by atoms with Gasteiger partial charge in [0.1, 0.15) is 5.82 Å². The molecule has 2 aromatic carbocycles. The predicted octanol–water partition coefficient (Wildman–Crippen LogP) is 4.58. The lowest BCUT2D eigenvalue weighted by Gasteiger charge is -2.28. The summed E-state index contributed by atoms with van der Waals surface area (Å²) >= 11 is 1.53. The van der Waals surface area contributed by atoms with Crippen molar-refractivity contribution in [2.45, 2.75) is 47.8 Å². The number of carbonyl (C=O) groups is 1. The summed E-state index contributed by atoms with van der Waals surface area (Å²) in [6, 6.07) is 16.1. The summed E-state index contributed by atoms with van der Waals surface area (Å²) in [6.07, 6.45) is 4.90. The summed E-state index contributed by atoms with van der Waals surface area (Å²) in [7, 11) is 0. The second-order valence-electron chi connectivity index (χ2n) is 7.52. The number of nitrogens with zero attached hydrogens (tertiary/aromatic N) is 1. The van der Waals surface area contributed by atoms with Crippen LogP contribution in [0.3, 0.4) is 0 Å². The highest BCUT2D eigenvalue weighted by atomic mass is 32.2. The number of rotatable bonds is 6. The topological polar surface area (TPSA) is 80.3 Å². The molecule has 156 valence electrons. The summed E-state index contributed by atoms with van der Waals surface area (Å²) in [4.78, 5) is 12.9. The van der Waals surface area contributed by atoms with Crippen molar-refractivity contribution in [2.24, 2.45) is 5.73 Å². The molecule has 0 saturated heterocycles. The molecule has 0 unspecified atom stereocenters. The van der Waals surface area contributed by atoms with Gasteiger partial charge in [-0.3, -0.25) is 4.79 Å². The Hall–Kier alpha value is -2.77. The number of carbonyl (C=O) groups excluding carboxylic acids is 1. The third-order valence-corrected chi connectivity index (χ3v) is 6.40. The molecule has 0 aliphatic heterocycles. The molecule has 0 bridgehead atoms. The number of nitrogens with one attached hydrogen (secondary N) is 1. The van der Waals surface area contributed by atoms with Crippen LogP contribution < -0.4 is 11.1 Å². The first-order valence-corrected chi connectivity index (χ1v) is 10.8. The number of primary amides is 1. The van der Waals surface area contributed by atoms with E-state index in [-0.39, 0.29) is 18.0 Å². The molecule has 1 saturated carbocycles. The van der Waals surface area contributed by atoms with Gasteiger partial charge in [-0.2, -0.15) is 0 Å². The lowest BCUT2D eigenvalue weighted by atomic mass is 9.92. The van der Waals surface area contributed by atoms with E-state index in [1.54, 1.807) is 18.2 Å². The third kappa shape index (κ3) is 4.68. The Kier molecular flexibility index (Phi) is 6.11. The fourth-order valence-electron chi connectivity index (χ4n) is 3.74. The maximum Gasteiger partial charge on any atom is 0.250 e. The molecule has 3 aromatic rings. The molecule has 1 aromatic heterocycles. The first-order chi connectivity index (χ1) is 14.5. The second kappa shape index (κ2) is 8.93. The quantitative estimate of drug-likeness (QED) is 0.540. The van der Waals surface area contributed by atoms with Gasteiger partial charge in [0, 0.05) is 28.5 Å². The molecule has 1 fully saturated rings. The van der Waals surface area contributed by atoms with Crippen molar-refractivity contribution in [3.8, 4) is 5.69 Å². The Labute approximate surface area is 179 Å². The largest absolute Gasteiger partial charge is 0.393 e. The van der Waals surface area contributed by atoms with Crippen molar-refractivity contribution in [3.05, 3.63) is 72.2 Å². The molecule has 30 heavy (non-hydrogen) atoms. The first-order valence-electron chi connectivity index (χ1n) is 9.99. The van der Waals surface area contributed by atoms with Crippen molar-refractivity contribution in [1.82, 2.24) is 4.57 Å². The number of anilines is 1. The van der Waals surface area contributed by atoms with E-state index < -0.39 is 5.91 Å². The summed E-state index contributed by atoms with van der Waals surface area (Å²) in [6.45, 7) is 0. The highest BCUT2D eigenvalue weighted by Gasteiger charge is 2.21. The molecular weight excluding hydrogens is 401 g/mol. The van der Waals surface area contributed by atoms with Gasteiger partial charge in [-0.15, -0.1) is 0 Å². The third-order valence-electron chi connectivity index (χ3n) is 5.35. The van der Waals surface area contributed by atoms with Crippen molar-refractivity contribution < 1.29 is 14.3 Å². The number of aromatic nitrogens is 1. The van der Waals surface area contributed by atoms with E-state index in [9.17, 15) is 14.3 Å². The molecule has 0 spiro atoms. The van der Waals surface area contributed by atoms with Gasteiger partial charge in [0.2, 0.25) is 0 Å². The van der Waals surface area contributed by atoms with Crippen molar-refractivity contribution in [1.29, 1.82) is 0 Å². The monoisotopic (exact) mass is 425 g/mol. The molecule has 4 N–H and O–H groups in total. The SMILES string of the molecule is NC(=O)c1ccc(-n2cccc2Sc2ccc(F)cc2)cc1N[C@H]1CC[C@H](O)CC1. The molecule has 1 aliphatic rings. The molecule has 0 radical (unpaired) electrons. The maximum absolute atomic E-state index is 13.2. The summed E-state index contributed by atoms with van der Waals surface area (Å²) in [5.41, 5.74) is 7.64. The lowest BCUT2D eigenvalue weighted by molar-refractivity contribution is 0.100. The van der Waals surface area contributed by atoms with E-state index in [2.05, 4.69) is 5.32 Å². The van der Waals surface area contributed by atoms with E-state index in [1.165, 1.54) is 23.9 Å². The van der Waals surface area contributed by atoms with Gasteiger partial charge >= 0.3 is 0 Å². The predicted molar refractivity (Wildman–Crippen MR) is 117 cm³/mol. The van der Waals surface area contributed by atoms with Gasteiger partial charge in [0.05, 0.1) is 16.7 Å². The van der Waals surface area contributed by atoms with Crippen molar-refractivity contribution in [2.75, 3.05) is 5.32 Å². The second-order valence-corrected chi connectivity index (χ2v) is 8.61.